The van der Waals surface area contributed by atoms with E-state index >= 15 is 0 Å². The Morgan fingerprint density at radius 3 is 2.56 bits per heavy atom. The van der Waals surface area contributed by atoms with Crippen molar-refractivity contribution in [3.63, 3.8) is 0 Å². The number of nitrogens with two attached hydrogens (primary N) is 1. The molecule has 0 aliphatic carbocycles. The Hall–Kier alpha value is -1.91. The van der Waals surface area contributed by atoms with E-state index in [4.69, 9.17) is 15.2 Å². The maximum absolute atomic E-state index is 10.9. The molecule has 0 aliphatic rings. The third kappa shape index (κ3) is 2.79. The highest BCUT2D eigenvalue weighted by Gasteiger charge is 2.11. The van der Waals surface area contributed by atoms with Crippen LogP contribution >= 0.6 is 0 Å². The first-order chi connectivity index (χ1) is 7.58. The summed E-state index contributed by atoms with van der Waals surface area (Å²) in [5.74, 6) is 0.874. The van der Waals surface area contributed by atoms with Gasteiger partial charge in [0.25, 0.3) is 0 Å². The molecule has 0 aliphatic heterocycles. The van der Waals surface area contributed by atoms with Gasteiger partial charge in [-0.05, 0) is 19.1 Å². The lowest BCUT2D eigenvalue weighted by Crippen LogP contribution is -2.32. The summed E-state index contributed by atoms with van der Waals surface area (Å²) < 4.78 is 10.2. The molecular formula is C11H16N2O3. The number of carbonyl (C=O) groups is 1. The normalized spacial score (nSPS) is 11.7. The molecule has 1 rings (SSSR count). The molecule has 0 saturated heterocycles. The van der Waals surface area contributed by atoms with Crippen LogP contribution in [0.15, 0.2) is 18.2 Å². The van der Waals surface area contributed by atoms with E-state index in [1.807, 2.05) is 0 Å². The third-order valence-electron chi connectivity index (χ3n) is 2.21. The Bertz CT molecular complexity index is 379. The van der Waals surface area contributed by atoms with Crippen molar-refractivity contribution in [3.8, 4) is 11.5 Å². The standard InChI is InChI=1S/C11H16N2O3/c1-7(11(12)14)13-9-5-4-8(15-2)6-10(9)16-3/h4-7,13H,1-3H3,(H2,12,14). The number of ether oxygens (including phenoxy) is 2. The summed E-state index contributed by atoms with van der Waals surface area (Å²) in [7, 11) is 3.13. The number of hydrogen-bond donors (Lipinski definition) is 2. The molecule has 1 unspecified atom stereocenters. The van der Waals surface area contributed by atoms with Crippen molar-refractivity contribution in [1.82, 2.24) is 0 Å². The lowest BCUT2D eigenvalue weighted by atomic mass is 10.2. The van der Waals surface area contributed by atoms with Gasteiger partial charge >= 0.3 is 0 Å². The fourth-order valence-electron chi connectivity index (χ4n) is 1.22. The van der Waals surface area contributed by atoms with Gasteiger partial charge in [-0.3, -0.25) is 4.79 Å². The number of nitrogens with one attached hydrogen (secondary N) is 1. The number of carbonyl (C=O) groups excluding carboxylic acids is 1. The number of rotatable bonds is 5. The summed E-state index contributed by atoms with van der Waals surface area (Å²) >= 11 is 0. The first-order valence-electron chi connectivity index (χ1n) is 4.86. The van der Waals surface area contributed by atoms with Gasteiger partial charge in [0, 0.05) is 6.07 Å². The molecule has 1 atom stereocenters. The van der Waals surface area contributed by atoms with E-state index in [2.05, 4.69) is 5.32 Å². The monoisotopic (exact) mass is 224 g/mol. The van der Waals surface area contributed by atoms with Gasteiger partial charge in [-0.25, -0.2) is 0 Å². The predicted molar refractivity (Wildman–Crippen MR) is 61.8 cm³/mol. The van der Waals surface area contributed by atoms with E-state index in [1.54, 1.807) is 39.3 Å². The average molecular weight is 224 g/mol. The summed E-state index contributed by atoms with van der Waals surface area (Å²) in [5.41, 5.74) is 5.87. The van der Waals surface area contributed by atoms with E-state index in [-0.39, 0.29) is 0 Å². The van der Waals surface area contributed by atoms with Crippen molar-refractivity contribution in [2.45, 2.75) is 13.0 Å². The van der Waals surface area contributed by atoms with Gasteiger partial charge in [-0.1, -0.05) is 0 Å². The van der Waals surface area contributed by atoms with Crippen LogP contribution in [0.2, 0.25) is 0 Å². The number of methoxy groups -OCH3 is 2. The van der Waals surface area contributed by atoms with E-state index in [9.17, 15) is 4.79 Å². The minimum absolute atomic E-state index is 0.419. The maximum atomic E-state index is 10.9. The minimum Gasteiger partial charge on any atom is -0.497 e. The van der Waals surface area contributed by atoms with Crippen LogP contribution in [0.5, 0.6) is 11.5 Å². The van der Waals surface area contributed by atoms with Crippen LogP contribution in [-0.2, 0) is 4.79 Å². The van der Waals surface area contributed by atoms with Gasteiger partial charge in [0.05, 0.1) is 19.9 Å². The van der Waals surface area contributed by atoms with Gasteiger partial charge in [0.15, 0.2) is 0 Å². The lowest BCUT2D eigenvalue weighted by molar-refractivity contribution is -0.118. The van der Waals surface area contributed by atoms with Gasteiger partial charge in [0.2, 0.25) is 5.91 Å². The summed E-state index contributed by atoms with van der Waals surface area (Å²) in [6.45, 7) is 1.69. The zero-order valence-electron chi connectivity index (χ0n) is 9.61. The van der Waals surface area contributed by atoms with Crippen LogP contribution < -0.4 is 20.5 Å². The van der Waals surface area contributed by atoms with Gasteiger partial charge in [-0.2, -0.15) is 0 Å². The highest BCUT2D eigenvalue weighted by atomic mass is 16.5. The van der Waals surface area contributed by atoms with Crippen molar-refractivity contribution >= 4 is 11.6 Å². The molecule has 0 radical (unpaired) electrons. The first-order valence-corrected chi connectivity index (χ1v) is 4.86. The van der Waals surface area contributed by atoms with Crippen LogP contribution in [0, 0.1) is 0 Å². The number of benzene rings is 1. The molecule has 0 spiro atoms. The third-order valence-corrected chi connectivity index (χ3v) is 2.21. The second kappa shape index (κ2) is 5.25. The molecule has 1 amide bonds. The summed E-state index contributed by atoms with van der Waals surface area (Å²) in [6.07, 6.45) is 0. The molecule has 5 heteroatoms. The number of hydrogen-bond acceptors (Lipinski definition) is 4. The zero-order chi connectivity index (χ0) is 12.1. The van der Waals surface area contributed by atoms with E-state index in [0.717, 1.165) is 0 Å². The van der Waals surface area contributed by atoms with E-state index in [0.29, 0.717) is 17.2 Å². The molecule has 5 nitrogen and oxygen atoms in total. The predicted octanol–water partition coefficient (Wildman–Crippen LogP) is 0.989. The topological polar surface area (TPSA) is 73.6 Å². The van der Waals surface area contributed by atoms with E-state index in [1.165, 1.54) is 0 Å². The number of amides is 1. The first kappa shape index (κ1) is 12.2. The molecule has 1 aromatic carbocycles. The van der Waals surface area contributed by atoms with Crippen LogP contribution in [0.4, 0.5) is 5.69 Å². The van der Waals surface area contributed by atoms with Crippen molar-refractivity contribution in [2.75, 3.05) is 19.5 Å². The number of primary amides is 1. The highest BCUT2D eigenvalue weighted by Crippen LogP contribution is 2.29. The molecule has 3 N–H and O–H groups in total. The van der Waals surface area contributed by atoms with Crippen LogP contribution in [-0.4, -0.2) is 26.2 Å². The second-order valence-electron chi connectivity index (χ2n) is 3.33. The maximum Gasteiger partial charge on any atom is 0.239 e. The van der Waals surface area contributed by atoms with Crippen LogP contribution in [0.3, 0.4) is 0 Å². The SMILES string of the molecule is COc1ccc(NC(C)C(N)=O)c(OC)c1. The molecule has 0 fully saturated rings. The second-order valence-corrected chi connectivity index (χ2v) is 3.33. The fraction of sp³-hybridized carbons (Fsp3) is 0.364. The smallest absolute Gasteiger partial charge is 0.239 e. The molecule has 0 saturated carbocycles. The van der Waals surface area contributed by atoms with Gasteiger partial charge < -0.3 is 20.5 Å². The quantitative estimate of drug-likeness (QED) is 0.782. The molecule has 16 heavy (non-hydrogen) atoms. The molecule has 0 heterocycles. The lowest BCUT2D eigenvalue weighted by Gasteiger charge is -2.15. The molecule has 1 aromatic rings. The van der Waals surface area contributed by atoms with Crippen LogP contribution in [0.25, 0.3) is 0 Å². The van der Waals surface area contributed by atoms with E-state index < -0.39 is 11.9 Å². The largest absolute Gasteiger partial charge is 0.497 e. The zero-order valence-corrected chi connectivity index (χ0v) is 9.61. The van der Waals surface area contributed by atoms with Crippen molar-refractivity contribution < 1.29 is 14.3 Å². The Labute approximate surface area is 94.5 Å². The average Bonchev–Trinajstić information content (AvgIpc) is 2.29. The number of anilines is 1. The summed E-state index contributed by atoms with van der Waals surface area (Å²) in [5, 5.41) is 2.96. The highest BCUT2D eigenvalue weighted by molar-refractivity contribution is 5.83. The Morgan fingerprint density at radius 2 is 2.06 bits per heavy atom. The summed E-state index contributed by atoms with van der Waals surface area (Å²) in [4.78, 5) is 10.9. The molecule has 0 bridgehead atoms. The van der Waals surface area contributed by atoms with Crippen molar-refractivity contribution in [2.24, 2.45) is 5.73 Å². The Kier molecular flexibility index (Phi) is 3.99. The van der Waals surface area contributed by atoms with Gasteiger partial charge in [-0.15, -0.1) is 0 Å². The Balaban J connectivity index is 2.91. The van der Waals surface area contributed by atoms with Gasteiger partial charge in [0.1, 0.15) is 17.5 Å². The summed E-state index contributed by atoms with van der Waals surface area (Å²) in [6, 6.07) is 4.83. The molecule has 88 valence electrons. The van der Waals surface area contributed by atoms with Crippen LogP contribution in [0.1, 0.15) is 6.92 Å². The molecule has 0 aromatic heterocycles. The van der Waals surface area contributed by atoms with Crippen molar-refractivity contribution in [3.05, 3.63) is 18.2 Å². The molecular weight excluding hydrogens is 208 g/mol. The fourth-order valence-corrected chi connectivity index (χ4v) is 1.22. The van der Waals surface area contributed by atoms with Crippen molar-refractivity contribution in [1.29, 1.82) is 0 Å². The Morgan fingerprint density at radius 1 is 1.38 bits per heavy atom. The minimum atomic E-state index is -0.456.